The van der Waals surface area contributed by atoms with Gasteiger partial charge < -0.3 is 20.1 Å². The maximum Gasteiger partial charge on any atom is 0.326 e. The molecule has 1 fully saturated rings. The van der Waals surface area contributed by atoms with E-state index in [9.17, 15) is 19.5 Å². The third kappa shape index (κ3) is 4.31. The molecular formula is C21H22N2O5. The van der Waals surface area contributed by atoms with E-state index in [0.29, 0.717) is 35.5 Å². The van der Waals surface area contributed by atoms with Crippen LogP contribution in [0.15, 0.2) is 48.5 Å². The van der Waals surface area contributed by atoms with Crippen LogP contribution in [-0.2, 0) is 4.79 Å². The average molecular weight is 382 g/mol. The summed E-state index contributed by atoms with van der Waals surface area (Å²) >= 11 is 0. The second-order valence-corrected chi connectivity index (χ2v) is 6.62. The van der Waals surface area contributed by atoms with Gasteiger partial charge in [-0.05, 0) is 55.7 Å². The van der Waals surface area contributed by atoms with Crippen molar-refractivity contribution in [3.63, 3.8) is 0 Å². The van der Waals surface area contributed by atoms with Crippen LogP contribution in [0.1, 0.15) is 40.0 Å². The number of nitrogens with zero attached hydrogens (tertiary/aromatic N) is 1. The van der Waals surface area contributed by atoms with Gasteiger partial charge in [0.25, 0.3) is 11.8 Å². The molecule has 1 aliphatic heterocycles. The van der Waals surface area contributed by atoms with Crippen molar-refractivity contribution in [3.8, 4) is 5.75 Å². The smallest absolute Gasteiger partial charge is 0.326 e. The number of carbonyl (C=O) groups is 3. The van der Waals surface area contributed by atoms with Gasteiger partial charge in [0.15, 0.2) is 0 Å². The molecule has 1 saturated heterocycles. The fourth-order valence-electron chi connectivity index (χ4n) is 3.29. The molecule has 1 unspecified atom stereocenters. The highest BCUT2D eigenvalue weighted by molar-refractivity contribution is 6.05. The van der Waals surface area contributed by atoms with Crippen LogP contribution in [0.2, 0.25) is 0 Å². The van der Waals surface area contributed by atoms with Crippen molar-refractivity contribution >= 4 is 23.5 Å². The van der Waals surface area contributed by atoms with E-state index in [4.69, 9.17) is 4.74 Å². The Balaban J connectivity index is 1.77. The number of aliphatic carboxylic acids is 1. The van der Waals surface area contributed by atoms with Gasteiger partial charge in [0, 0.05) is 23.4 Å². The lowest BCUT2D eigenvalue weighted by atomic mass is 10.0. The Morgan fingerprint density at radius 1 is 1.07 bits per heavy atom. The van der Waals surface area contributed by atoms with Gasteiger partial charge in [-0.2, -0.15) is 0 Å². The van der Waals surface area contributed by atoms with E-state index in [1.807, 2.05) is 0 Å². The molecule has 2 aromatic rings. The topological polar surface area (TPSA) is 95.9 Å². The lowest BCUT2D eigenvalue weighted by Crippen LogP contribution is -2.48. The highest BCUT2D eigenvalue weighted by Gasteiger charge is 2.32. The van der Waals surface area contributed by atoms with Gasteiger partial charge in [-0.3, -0.25) is 9.59 Å². The number of ether oxygens (including phenoxy) is 1. The van der Waals surface area contributed by atoms with Crippen molar-refractivity contribution < 1.29 is 24.2 Å². The van der Waals surface area contributed by atoms with E-state index in [-0.39, 0.29) is 11.8 Å². The zero-order valence-electron chi connectivity index (χ0n) is 15.6. The summed E-state index contributed by atoms with van der Waals surface area (Å²) < 4.78 is 5.12. The Labute approximate surface area is 162 Å². The zero-order chi connectivity index (χ0) is 20.1. The molecule has 0 saturated carbocycles. The number of anilines is 1. The molecule has 1 atom stereocenters. The Hall–Kier alpha value is -3.35. The van der Waals surface area contributed by atoms with Crippen molar-refractivity contribution in [3.05, 3.63) is 59.7 Å². The molecular weight excluding hydrogens is 360 g/mol. The molecule has 2 N–H and O–H groups in total. The Morgan fingerprint density at radius 3 is 2.57 bits per heavy atom. The number of amides is 2. The first-order valence-electron chi connectivity index (χ1n) is 9.09. The van der Waals surface area contributed by atoms with Crippen molar-refractivity contribution in [2.75, 3.05) is 19.0 Å². The van der Waals surface area contributed by atoms with Crippen LogP contribution in [0.25, 0.3) is 0 Å². The molecule has 1 aliphatic rings. The van der Waals surface area contributed by atoms with Crippen LogP contribution in [-0.4, -0.2) is 47.5 Å². The predicted molar refractivity (Wildman–Crippen MR) is 104 cm³/mol. The highest BCUT2D eigenvalue weighted by Crippen LogP contribution is 2.22. The minimum absolute atomic E-state index is 0.329. The van der Waals surface area contributed by atoms with E-state index >= 15 is 0 Å². The summed E-state index contributed by atoms with van der Waals surface area (Å²) in [6.45, 7) is 0.413. The number of carbonyl (C=O) groups excluding carboxylic acids is 2. The maximum atomic E-state index is 12.8. The van der Waals surface area contributed by atoms with Gasteiger partial charge in [0.2, 0.25) is 0 Å². The first-order chi connectivity index (χ1) is 13.5. The summed E-state index contributed by atoms with van der Waals surface area (Å²) in [7, 11) is 1.52. The number of hydrogen-bond acceptors (Lipinski definition) is 4. The van der Waals surface area contributed by atoms with E-state index in [2.05, 4.69) is 5.32 Å². The van der Waals surface area contributed by atoms with Crippen molar-refractivity contribution in [1.29, 1.82) is 0 Å². The molecule has 28 heavy (non-hydrogen) atoms. The summed E-state index contributed by atoms with van der Waals surface area (Å²) in [5.74, 6) is -1.09. The minimum atomic E-state index is -0.990. The molecule has 0 aromatic heterocycles. The normalized spacial score (nSPS) is 16.3. The second-order valence-electron chi connectivity index (χ2n) is 6.62. The number of hydrogen-bond donors (Lipinski definition) is 2. The Kier molecular flexibility index (Phi) is 5.93. The number of carboxylic acids is 1. The molecule has 2 amide bonds. The summed E-state index contributed by atoms with van der Waals surface area (Å²) in [4.78, 5) is 38.2. The molecule has 1 heterocycles. The predicted octanol–water partition coefficient (Wildman–Crippen LogP) is 3.03. The molecule has 0 aliphatic carbocycles. The van der Waals surface area contributed by atoms with E-state index in [1.54, 1.807) is 48.5 Å². The molecule has 0 spiro atoms. The number of likely N-dealkylation sites (tertiary alicyclic amines) is 1. The van der Waals surface area contributed by atoms with E-state index in [0.717, 1.165) is 12.8 Å². The summed E-state index contributed by atoms with van der Waals surface area (Å²) in [6.07, 6.45) is 2.02. The summed E-state index contributed by atoms with van der Waals surface area (Å²) in [5, 5.41) is 12.1. The van der Waals surface area contributed by atoms with Crippen molar-refractivity contribution in [1.82, 2.24) is 4.90 Å². The zero-order valence-corrected chi connectivity index (χ0v) is 15.6. The van der Waals surface area contributed by atoms with Gasteiger partial charge in [-0.1, -0.05) is 12.1 Å². The van der Waals surface area contributed by atoms with Gasteiger partial charge in [-0.25, -0.2) is 4.79 Å². The minimum Gasteiger partial charge on any atom is -0.497 e. The number of rotatable bonds is 5. The number of nitrogens with one attached hydrogen (secondary N) is 1. The third-order valence-electron chi connectivity index (χ3n) is 4.75. The number of piperidine rings is 1. The van der Waals surface area contributed by atoms with Gasteiger partial charge in [0.05, 0.1) is 7.11 Å². The molecule has 0 radical (unpaired) electrons. The van der Waals surface area contributed by atoms with Crippen molar-refractivity contribution in [2.45, 2.75) is 25.3 Å². The third-order valence-corrected chi connectivity index (χ3v) is 4.75. The Morgan fingerprint density at radius 2 is 1.82 bits per heavy atom. The van der Waals surface area contributed by atoms with Gasteiger partial charge >= 0.3 is 5.97 Å². The quantitative estimate of drug-likeness (QED) is 0.829. The lowest BCUT2D eigenvalue weighted by molar-refractivity contribution is -0.143. The lowest BCUT2D eigenvalue weighted by Gasteiger charge is -2.33. The van der Waals surface area contributed by atoms with Crippen LogP contribution >= 0.6 is 0 Å². The Bertz CT molecular complexity index is 896. The molecule has 146 valence electrons. The van der Waals surface area contributed by atoms with Crippen LogP contribution in [0.4, 0.5) is 5.69 Å². The fraction of sp³-hybridized carbons (Fsp3) is 0.286. The van der Waals surface area contributed by atoms with E-state index < -0.39 is 12.0 Å². The van der Waals surface area contributed by atoms with Crippen LogP contribution < -0.4 is 10.1 Å². The first kappa shape index (κ1) is 19.4. The molecule has 7 heteroatoms. The first-order valence-corrected chi connectivity index (χ1v) is 9.09. The number of benzene rings is 2. The maximum absolute atomic E-state index is 12.8. The standard InChI is InChI=1S/C21H22N2O5/c1-28-17-9-5-6-14(13-17)19(24)22-16-8-4-7-15(12-16)20(25)23-11-3-2-10-18(23)21(26)27/h4-9,12-13,18H,2-3,10-11H2,1H3,(H,22,24)(H,26,27). The molecule has 7 nitrogen and oxygen atoms in total. The van der Waals surface area contributed by atoms with Gasteiger partial charge in [-0.15, -0.1) is 0 Å². The number of methoxy groups -OCH3 is 1. The fourth-order valence-corrected chi connectivity index (χ4v) is 3.29. The van der Waals surface area contributed by atoms with Crippen LogP contribution in [0.3, 0.4) is 0 Å². The summed E-state index contributed by atoms with van der Waals surface area (Å²) in [6, 6.07) is 12.5. The average Bonchev–Trinajstić information content (AvgIpc) is 2.73. The number of carboxylic acid groups (broad SMARTS) is 1. The van der Waals surface area contributed by atoms with Crippen LogP contribution in [0, 0.1) is 0 Å². The molecule has 0 bridgehead atoms. The van der Waals surface area contributed by atoms with E-state index in [1.165, 1.54) is 12.0 Å². The van der Waals surface area contributed by atoms with Crippen molar-refractivity contribution in [2.24, 2.45) is 0 Å². The van der Waals surface area contributed by atoms with Crippen LogP contribution in [0.5, 0.6) is 5.75 Å². The van der Waals surface area contributed by atoms with Gasteiger partial charge in [0.1, 0.15) is 11.8 Å². The summed E-state index contributed by atoms with van der Waals surface area (Å²) in [5.41, 5.74) is 1.23. The molecule has 2 aromatic carbocycles. The monoisotopic (exact) mass is 382 g/mol. The molecule has 3 rings (SSSR count). The largest absolute Gasteiger partial charge is 0.497 e. The second kappa shape index (κ2) is 8.56. The highest BCUT2D eigenvalue weighted by atomic mass is 16.5. The SMILES string of the molecule is COc1cccc(C(=O)Nc2cccc(C(=O)N3CCCCC3C(=O)O)c2)c1.